The fourth-order valence-electron chi connectivity index (χ4n) is 2.25. The first-order chi connectivity index (χ1) is 7.93. The van der Waals surface area contributed by atoms with Gasteiger partial charge in [-0.25, -0.2) is 8.42 Å². The van der Waals surface area contributed by atoms with Crippen molar-refractivity contribution in [3.05, 3.63) is 0 Å². The van der Waals surface area contributed by atoms with Gasteiger partial charge in [-0.3, -0.25) is 9.59 Å². The van der Waals surface area contributed by atoms with Crippen LogP contribution < -0.4 is 0 Å². The molecule has 0 bridgehead atoms. The van der Waals surface area contributed by atoms with Gasteiger partial charge in [0.2, 0.25) is 12.3 Å². The van der Waals surface area contributed by atoms with Crippen LogP contribution in [0.2, 0.25) is 0 Å². The highest BCUT2D eigenvalue weighted by Gasteiger charge is 2.42. The zero-order chi connectivity index (χ0) is 12.6. The molecule has 2 heterocycles. The lowest BCUT2D eigenvalue weighted by Gasteiger charge is -2.36. The van der Waals surface area contributed by atoms with Crippen molar-refractivity contribution in [3.8, 4) is 0 Å². The molecule has 2 atom stereocenters. The van der Waals surface area contributed by atoms with E-state index in [-0.39, 0.29) is 30.5 Å². The van der Waals surface area contributed by atoms with Gasteiger partial charge in [0.05, 0.1) is 30.2 Å². The average Bonchev–Trinajstić information content (AvgIpc) is 2.52. The summed E-state index contributed by atoms with van der Waals surface area (Å²) in [5, 5.41) is 9.66. The van der Waals surface area contributed by atoms with Crippen LogP contribution in [0, 0.1) is 0 Å². The summed E-state index contributed by atoms with van der Waals surface area (Å²) in [5.74, 6) is -0.802. The van der Waals surface area contributed by atoms with Crippen molar-refractivity contribution in [2.45, 2.75) is 12.1 Å². The number of aliphatic hydroxyl groups excluding tert-OH is 1. The number of nitrogens with zero attached hydrogens (tertiary/aromatic N) is 2. The summed E-state index contributed by atoms with van der Waals surface area (Å²) in [7, 11) is -3.26. The smallest absolute Gasteiger partial charge is 0.242 e. The number of carbonyl (C=O) groups is 2. The van der Waals surface area contributed by atoms with Crippen LogP contribution in [0.5, 0.6) is 0 Å². The lowest BCUT2D eigenvalue weighted by molar-refractivity contribution is -0.143. The molecule has 0 aromatic heterocycles. The Labute approximate surface area is 98.9 Å². The third-order valence-corrected chi connectivity index (χ3v) is 4.83. The molecule has 0 aromatic carbocycles. The average molecular weight is 262 g/mol. The minimum absolute atomic E-state index is 0.0488. The van der Waals surface area contributed by atoms with Crippen LogP contribution in [0.25, 0.3) is 0 Å². The number of amides is 2. The van der Waals surface area contributed by atoms with Gasteiger partial charge in [-0.15, -0.1) is 0 Å². The van der Waals surface area contributed by atoms with Gasteiger partial charge in [0.1, 0.15) is 0 Å². The summed E-state index contributed by atoms with van der Waals surface area (Å²) < 4.78 is 22.7. The number of sulfone groups is 1. The molecule has 8 heteroatoms. The van der Waals surface area contributed by atoms with Crippen molar-refractivity contribution in [1.29, 1.82) is 0 Å². The lowest BCUT2D eigenvalue weighted by atomic mass is 10.1. The number of aliphatic hydroxyl groups is 1. The SMILES string of the molecule is O=CN1CCN([C@@H]2CS(=O)(=O)C[C@@H]2O)C(=O)C1. The quantitative estimate of drug-likeness (QED) is 0.553. The zero-order valence-corrected chi connectivity index (χ0v) is 9.97. The summed E-state index contributed by atoms with van der Waals surface area (Å²) in [4.78, 5) is 24.9. The van der Waals surface area contributed by atoms with Crippen molar-refractivity contribution in [2.75, 3.05) is 31.1 Å². The van der Waals surface area contributed by atoms with Gasteiger partial charge in [0, 0.05) is 13.1 Å². The Balaban J connectivity index is 2.09. The standard InChI is InChI=1S/C9H14N2O5S/c12-6-10-1-2-11(9(14)3-10)7-4-17(15,16)5-8(7)13/h6-8,13H,1-5H2/t7-,8+/m1/s1. The Morgan fingerprint density at radius 2 is 2.00 bits per heavy atom. The molecule has 2 saturated heterocycles. The molecule has 0 spiro atoms. The molecule has 0 radical (unpaired) electrons. The first-order valence-corrected chi connectivity index (χ1v) is 7.12. The van der Waals surface area contributed by atoms with E-state index in [4.69, 9.17) is 0 Å². The van der Waals surface area contributed by atoms with Crippen LogP contribution in [-0.4, -0.2) is 78.9 Å². The minimum Gasteiger partial charge on any atom is -0.390 e. The highest BCUT2D eigenvalue weighted by molar-refractivity contribution is 7.91. The third-order valence-electron chi connectivity index (χ3n) is 3.13. The zero-order valence-electron chi connectivity index (χ0n) is 9.15. The van der Waals surface area contributed by atoms with E-state index >= 15 is 0 Å². The summed E-state index contributed by atoms with van der Waals surface area (Å²) in [5.41, 5.74) is 0. The second kappa shape index (κ2) is 4.26. The fourth-order valence-corrected chi connectivity index (χ4v) is 4.05. The third kappa shape index (κ3) is 2.42. The van der Waals surface area contributed by atoms with Crippen LogP contribution in [0.3, 0.4) is 0 Å². The van der Waals surface area contributed by atoms with Crippen molar-refractivity contribution < 1.29 is 23.1 Å². The maximum absolute atomic E-state index is 11.7. The van der Waals surface area contributed by atoms with Crippen LogP contribution in [0.1, 0.15) is 0 Å². The molecule has 2 rings (SSSR count). The van der Waals surface area contributed by atoms with Crippen molar-refractivity contribution in [2.24, 2.45) is 0 Å². The molecule has 0 unspecified atom stereocenters. The van der Waals surface area contributed by atoms with E-state index in [0.717, 1.165) is 0 Å². The molecule has 2 fully saturated rings. The highest BCUT2D eigenvalue weighted by Crippen LogP contribution is 2.20. The monoisotopic (exact) mass is 262 g/mol. The molecule has 7 nitrogen and oxygen atoms in total. The number of hydrogen-bond acceptors (Lipinski definition) is 5. The molecular weight excluding hydrogens is 248 g/mol. The second-order valence-electron chi connectivity index (χ2n) is 4.37. The van der Waals surface area contributed by atoms with Crippen LogP contribution in [0.4, 0.5) is 0 Å². The number of piperazine rings is 1. The predicted octanol–water partition coefficient (Wildman–Crippen LogP) is -2.56. The Morgan fingerprint density at radius 3 is 2.47 bits per heavy atom. The van der Waals surface area contributed by atoms with Crippen LogP contribution in [-0.2, 0) is 19.4 Å². The van der Waals surface area contributed by atoms with Gasteiger partial charge in [0.15, 0.2) is 9.84 Å². The minimum atomic E-state index is -3.26. The van der Waals surface area contributed by atoms with E-state index in [1.807, 2.05) is 0 Å². The van der Waals surface area contributed by atoms with E-state index in [2.05, 4.69) is 0 Å². The molecule has 1 N–H and O–H groups in total. The van der Waals surface area contributed by atoms with E-state index in [1.54, 1.807) is 0 Å². The maximum Gasteiger partial charge on any atom is 0.242 e. The number of carbonyl (C=O) groups excluding carboxylic acids is 2. The van der Waals surface area contributed by atoms with Crippen LogP contribution >= 0.6 is 0 Å². The Morgan fingerprint density at radius 1 is 1.29 bits per heavy atom. The van der Waals surface area contributed by atoms with Gasteiger partial charge >= 0.3 is 0 Å². The first-order valence-electron chi connectivity index (χ1n) is 5.30. The molecule has 96 valence electrons. The molecule has 0 aliphatic carbocycles. The van der Waals surface area contributed by atoms with E-state index in [9.17, 15) is 23.1 Å². The summed E-state index contributed by atoms with van der Waals surface area (Å²) in [6.07, 6.45) is -0.427. The summed E-state index contributed by atoms with van der Waals surface area (Å²) >= 11 is 0. The number of hydrogen-bond donors (Lipinski definition) is 1. The Hall–Kier alpha value is -1.15. The Kier molecular flexibility index (Phi) is 3.09. The fraction of sp³-hybridized carbons (Fsp3) is 0.778. The van der Waals surface area contributed by atoms with E-state index in [0.29, 0.717) is 13.0 Å². The normalized spacial score (nSPS) is 32.9. The van der Waals surface area contributed by atoms with Crippen molar-refractivity contribution >= 4 is 22.2 Å². The van der Waals surface area contributed by atoms with E-state index in [1.165, 1.54) is 9.80 Å². The van der Waals surface area contributed by atoms with E-state index < -0.39 is 22.0 Å². The second-order valence-corrected chi connectivity index (χ2v) is 6.53. The molecule has 17 heavy (non-hydrogen) atoms. The molecular formula is C9H14N2O5S. The lowest BCUT2D eigenvalue weighted by Crippen LogP contribution is -2.56. The summed E-state index contributed by atoms with van der Waals surface area (Å²) in [6.45, 7) is 0.597. The van der Waals surface area contributed by atoms with Crippen molar-refractivity contribution in [3.63, 3.8) is 0 Å². The largest absolute Gasteiger partial charge is 0.390 e. The van der Waals surface area contributed by atoms with Gasteiger partial charge < -0.3 is 14.9 Å². The molecule has 0 aromatic rings. The molecule has 2 aliphatic rings. The van der Waals surface area contributed by atoms with Gasteiger partial charge in [-0.05, 0) is 0 Å². The topological polar surface area (TPSA) is 95.0 Å². The summed E-state index contributed by atoms with van der Waals surface area (Å²) in [6, 6.07) is -0.665. The molecule has 0 saturated carbocycles. The van der Waals surface area contributed by atoms with Crippen molar-refractivity contribution in [1.82, 2.24) is 9.80 Å². The highest BCUT2D eigenvalue weighted by atomic mass is 32.2. The Bertz CT molecular complexity index is 435. The van der Waals surface area contributed by atoms with Gasteiger partial charge in [-0.1, -0.05) is 0 Å². The van der Waals surface area contributed by atoms with Gasteiger partial charge in [0.25, 0.3) is 0 Å². The predicted molar refractivity (Wildman–Crippen MR) is 57.8 cm³/mol. The number of rotatable bonds is 2. The maximum atomic E-state index is 11.7. The first kappa shape index (κ1) is 12.3. The molecule has 2 aliphatic heterocycles. The van der Waals surface area contributed by atoms with Gasteiger partial charge in [-0.2, -0.15) is 0 Å². The molecule has 2 amide bonds. The van der Waals surface area contributed by atoms with Crippen LogP contribution in [0.15, 0.2) is 0 Å².